The number of hydrogen-bond donors (Lipinski definition) is 0. The Morgan fingerprint density at radius 1 is 0.875 bits per heavy atom. The molecule has 0 radical (unpaired) electrons. The molecule has 0 nitrogen and oxygen atoms in total. The molecule has 1 fully saturated rings. The second-order valence-corrected chi connectivity index (χ2v) is 12.8. The van der Waals surface area contributed by atoms with E-state index in [-0.39, 0.29) is 0 Å². The first-order valence-electron chi connectivity index (χ1n) is 9.37. The van der Waals surface area contributed by atoms with Crippen LogP contribution in [-0.2, 0) is 0 Å². The van der Waals surface area contributed by atoms with E-state index in [1.165, 1.54) is 31.2 Å². The van der Waals surface area contributed by atoms with Crippen LogP contribution in [-0.4, -0.2) is 8.07 Å². The molecule has 1 saturated carbocycles. The Morgan fingerprint density at radius 3 is 2.00 bits per heavy atom. The van der Waals surface area contributed by atoms with Gasteiger partial charge in [-0.3, -0.25) is 0 Å². The molecular weight excluding hydrogens is 304 g/mol. The van der Waals surface area contributed by atoms with Gasteiger partial charge in [0, 0.05) is 0 Å². The summed E-state index contributed by atoms with van der Waals surface area (Å²) >= 11 is 0. The van der Waals surface area contributed by atoms with Gasteiger partial charge in [0.25, 0.3) is 0 Å². The fraction of sp³-hybridized carbons (Fsp3) is 0.391. The van der Waals surface area contributed by atoms with Gasteiger partial charge in [-0.1, -0.05) is 97.5 Å². The van der Waals surface area contributed by atoms with E-state index < -0.39 is 8.07 Å². The molecule has 1 atom stereocenters. The minimum Gasteiger partial charge on any atom is -0.0848 e. The number of hydrogen-bond acceptors (Lipinski definition) is 0. The van der Waals surface area contributed by atoms with Crippen molar-refractivity contribution in [2.45, 2.75) is 57.2 Å². The second-order valence-electron chi connectivity index (χ2n) is 7.89. The van der Waals surface area contributed by atoms with Crippen molar-refractivity contribution in [1.29, 1.82) is 0 Å². The van der Waals surface area contributed by atoms with Crippen molar-refractivity contribution in [2.75, 3.05) is 0 Å². The minimum absolute atomic E-state index is 0.697. The molecule has 0 unspecified atom stereocenters. The van der Waals surface area contributed by atoms with Crippen molar-refractivity contribution >= 4 is 13.3 Å². The van der Waals surface area contributed by atoms with Gasteiger partial charge >= 0.3 is 0 Å². The first-order valence-corrected chi connectivity index (χ1v) is 12.4. The first-order chi connectivity index (χ1) is 11.6. The summed E-state index contributed by atoms with van der Waals surface area (Å²) < 4.78 is 0. The van der Waals surface area contributed by atoms with Crippen LogP contribution in [0.3, 0.4) is 0 Å². The van der Waals surface area contributed by atoms with Crippen LogP contribution in [0.15, 0.2) is 72.3 Å². The molecule has 2 aromatic rings. The Hall–Kier alpha value is -1.60. The molecule has 24 heavy (non-hydrogen) atoms. The molecular formula is C23H30Si. The quantitative estimate of drug-likeness (QED) is 0.456. The van der Waals surface area contributed by atoms with Crippen LogP contribution in [0, 0.1) is 0 Å². The molecule has 0 aromatic heterocycles. The van der Waals surface area contributed by atoms with E-state index in [1.807, 2.05) is 0 Å². The van der Waals surface area contributed by atoms with Gasteiger partial charge in [0.2, 0.25) is 0 Å². The standard InChI is InChI=1S/C23H30Si/c1-19(24(2,3)23-12-8-5-9-13-23)18-20-14-16-22(17-15-20)21-10-6-4-7-11-21/h4-13,18-19,22H,14-17H2,1-3H3/t19-,22?/m0/s1. The maximum atomic E-state index is 2.63. The van der Waals surface area contributed by atoms with Crippen LogP contribution in [0.4, 0.5) is 0 Å². The highest BCUT2D eigenvalue weighted by Gasteiger charge is 2.29. The van der Waals surface area contributed by atoms with E-state index >= 15 is 0 Å². The molecule has 0 N–H and O–H groups in total. The molecule has 0 heterocycles. The third-order valence-electron chi connectivity index (χ3n) is 6.04. The van der Waals surface area contributed by atoms with Crippen molar-refractivity contribution in [1.82, 2.24) is 0 Å². The smallest absolute Gasteiger partial charge is 0.0848 e. The van der Waals surface area contributed by atoms with Gasteiger partial charge in [-0.15, -0.1) is 0 Å². The summed E-state index contributed by atoms with van der Waals surface area (Å²) in [6, 6.07) is 22.2. The number of benzene rings is 2. The second kappa shape index (κ2) is 7.52. The third-order valence-corrected chi connectivity index (χ3v) is 10.3. The Labute approximate surface area is 148 Å². The Morgan fingerprint density at radius 2 is 1.42 bits per heavy atom. The lowest BCUT2D eigenvalue weighted by Gasteiger charge is -2.31. The highest BCUT2D eigenvalue weighted by atomic mass is 28.3. The Kier molecular flexibility index (Phi) is 5.40. The average molecular weight is 335 g/mol. The fourth-order valence-electron chi connectivity index (χ4n) is 3.91. The zero-order valence-corrected chi connectivity index (χ0v) is 16.3. The summed E-state index contributed by atoms with van der Waals surface area (Å²) in [4.78, 5) is 0. The minimum atomic E-state index is -1.42. The maximum Gasteiger partial charge on any atom is 0.0871 e. The molecule has 3 rings (SSSR count). The molecule has 126 valence electrons. The van der Waals surface area contributed by atoms with Crippen LogP contribution in [0.2, 0.25) is 18.6 Å². The van der Waals surface area contributed by atoms with Crippen molar-refractivity contribution < 1.29 is 0 Å². The van der Waals surface area contributed by atoms with Gasteiger partial charge in [0.05, 0.1) is 8.07 Å². The Bertz CT molecular complexity index is 660. The van der Waals surface area contributed by atoms with Crippen molar-refractivity contribution in [2.24, 2.45) is 0 Å². The van der Waals surface area contributed by atoms with E-state index in [9.17, 15) is 0 Å². The van der Waals surface area contributed by atoms with Gasteiger partial charge < -0.3 is 0 Å². The molecule has 0 amide bonds. The summed E-state index contributed by atoms with van der Waals surface area (Å²) in [5, 5.41) is 1.58. The third kappa shape index (κ3) is 3.89. The van der Waals surface area contributed by atoms with E-state index in [2.05, 4.69) is 86.8 Å². The predicted octanol–water partition coefficient (Wildman–Crippen LogP) is 6.28. The molecule has 0 spiro atoms. The van der Waals surface area contributed by atoms with Crippen LogP contribution in [0.25, 0.3) is 0 Å². The summed E-state index contributed by atoms with van der Waals surface area (Å²) in [5.41, 5.74) is 3.93. The summed E-state index contributed by atoms with van der Waals surface area (Å²) in [7, 11) is -1.42. The van der Waals surface area contributed by atoms with Gasteiger partial charge in [-0.25, -0.2) is 0 Å². The topological polar surface area (TPSA) is 0 Å². The highest BCUT2D eigenvalue weighted by Crippen LogP contribution is 2.37. The van der Waals surface area contributed by atoms with E-state index in [1.54, 1.807) is 10.8 Å². The van der Waals surface area contributed by atoms with Crippen LogP contribution < -0.4 is 5.19 Å². The average Bonchev–Trinajstić information content (AvgIpc) is 2.64. The maximum absolute atomic E-state index is 2.63. The fourth-order valence-corrected chi connectivity index (χ4v) is 6.14. The van der Waals surface area contributed by atoms with Crippen molar-refractivity contribution in [3.05, 3.63) is 77.9 Å². The lowest BCUT2D eigenvalue weighted by atomic mass is 9.81. The zero-order chi connectivity index (χ0) is 17.0. The highest BCUT2D eigenvalue weighted by molar-refractivity contribution is 6.91. The van der Waals surface area contributed by atoms with Gasteiger partial charge in [-0.05, 0) is 42.7 Å². The number of allylic oxidation sites excluding steroid dienone is 2. The molecule has 0 saturated heterocycles. The van der Waals surface area contributed by atoms with Crippen molar-refractivity contribution in [3.63, 3.8) is 0 Å². The monoisotopic (exact) mass is 334 g/mol. The normalized spacial score (nSPS) is 19.8. The Balaban J connectivity index is 1.65. The van der Waals surface area contributed by atoms with Gasteiger partial charge in [-0.2, -0.15) is 0 Å². The van der Waals surface area contributed by atoms with Gasteiger partial charge in [0.15, 0.2) is 0 Å². The molecule has 2 aromatic carbocycles. The SMILES string of the molecule is C[C@@H](C=C1CCC(c2ccccc2)CC1)[Si](C)(C)c1ccccc1. The lowest BCUT2D eigenvalue weighted by molar-refractivity contribution is 0.515. The zero-order valence-electron chi connectivity index (χ0n) is 15.3. The van der Waals surface area contributed by atoms with Crippen LogP contribution >= 0.6 is 0 Å². The summed E-state index contributed by atoms with van der Waals surface area (Å²) in [5.74, 6) is 0.762. The largest absolute Gasteiger partial charge is 0.0871 e. The van der Waals surface area contributed by atoms with Gasteiger partial charge in [0.1, 0.15) is 0 Å². The summed E-state index contributed by atoms with van der Waals surface area (Å²) in [6.45, 7) is 7.47. The molecule has 1 aliphatic rings. The first kappa shape index (κ1) is 17.2. The van der Waals surface area contributed by atoms with Crippen molar-refractivity contribution in [3.8, 4) is 0 Å². The van der Waals surface area contributed by atoms with E-state index in [4.69, 9.17) is 0 Å². The van der Waals surface area contributed by atoms with Crippen LogP contribution in [0.1, 0.15) is 44.1 Å². The number of rotatable bonds is 4. The molecule has 0 aliphatic heterocycles. The van der Waals surface area contributed by atoms with Crippen LogP contribution in [0.5, 0.6) is 0 Å². The van der Waals surface area contributed by atoms with E-state index in [0.29, 0.717) is 5.54 Å². The van der Waals surface area contributed by atoms with E-state index in [0.717, 1.165) is 5.92 Å². The summed E-state index contributed by atoms with van der Waals surface area (Å²) in [6.07, 6.45) is 7.82. The molecule has 0 bridgehead atoms. The predicted molar refractivity (Wildman–Crippen MR) is 109 cm³/mol. The molecule has 1 aliphatic carbocycles. The lowest BCUT2D eigenvalue weighted by Crippen LogP contribution is -2.44. The molecule has 1 heteroatoms.